The molecule has 1 aromatic rings. The van der Waals surface area contributed by atoms with Crippen LogP contribution in [0.2, 0.25) is 0 Å². The van der Waals surface area contributed by atoms with Gasteiger partial charge in [0.1, 0.15) is 0 Å². The Balaban J connectivity index is 2.18. The molecule has 1 N–H and O–H groups in total. The highest BCUT2D eigenvalue weighted by Gasteiger charge is 2.28. The number of ether oxygens (including phenoxy) is 1. The highest BCUT2D eigenvalue weighted by Crippen LogP contribution is 2.29. The van der Waals surface area contributed by atoms with Gasteiger partial charge in [-0.3, -0.25) is 0 Å². The molecule has 0 amide bonds. The first-order chi connectivity index (χ1) is 8.24. The van der Waals surface area contributed by atoms with E-state index in [-0.39, 0.29) is 0 Å². The van der Waals surface area contributed by atoms with Gasteiger partial charge in [-0.2, -0.15) is 15.0 Å². The van der Waals surface area contributed by atoms with Crippen LogP contribution in [0, 0.1) is 0 Å². The summed E-state index contributed by atoms with van der Waals surface area (Å²) in [7, 11) is 3.80. The Bertz CT molecular complexity index is 380. The summed E-state index contributed by atoms with van der Waals surface area (Å²) >= 11 is 0. The van der Waals surface area contributed by atoms with E-state index < -0.39 is 0 Å². The molecule has 6 heteroatoms. The zero-order valence-corrected chi connectivity index (χ0v) is 10.6. The van der Waals surface area contributed by atoms with Crippen LogP contribution in [-0.4, -0.2) is 41.7 Å². The van der Waals surface area contributed by atoms with Gasteiger partial charge in [0.2, 0.25) is 11.9 Å². The van der Waals surface area contributed by atoms with E-state index >= 15 is 0 Å². The third kappa shape index (κ3) is 2.95. The van der Waals surface area contributed by atoms with E-state index in [1.165, 1.54) is 12.8 Å². The number of hydrogen-bond donors (Lipinski definition) is 1. The predicted octanol–water partition coefficient (Wildman–Crippen LogP) is 1.30. The Morgan fingerprint density at radius 1 is 1.35 bits per heavy atom. The molecule has 17 heavy (non-hydrogen) atoms. The number of aromatic nitrogens is 3. The molecular formula is C11H19N5O. The minimum atomic E-state index is 0.397. The van der Waals surface area contributed by atoms with E-state index in [4.69, 9.17) is 4.74 Å². The van der Waals surface area contributed by atoms with Crippen molar-refractivity contribution in [3.05, 3.63) is 0 Å². The van der Waals surface area contributed by atoms with E-state index in [1.54, 1.807) is 7.05 Å². The number of nitrogens with one attached hydrogen (secondary N) is 1. The molecule has 94 valence electrons. The number of nitrogens with zero attached hydrogens (tertiary/aromatic N) is 4. The normalized spacial score (nSPS) is 14.5. The molecule has 0 aliphatic heterocycles. The topological polar surface area (TPSA) is 63.2 Å². The fourth-order valence-electron chi connectivity index (χ4n) is 1.50. The van der Waals surface area contributed by atoms with Crippen molar-refractivity contribution >= 4 is 11.9 Å². The van der Waals surface area contributed by atoms with Gasteiger partial charge < -0.3 is 15.0 Å². The van der Waals surface area contributed by atoms with Gasteiger partial charge >= 0.3 is 6.01 Å². The van der Waals surface area contributed by atoms with Gasteiger partial charge in [0.05, 0.1) is 6.61 Å². The minimum Gasteiger partial charge on any atom is -0.463 e. The molecule has 1 aliphatic carbocycles. The summed E-state index contributed by atoms with van der Waals surface area (Å²) < 4.78 is 5.46. The number of rotatable bonds is 6. The van der Waals surface area contributed by atoms with Gasteiger partial charge in [0.25, 0.3) is 0 Å². The fraction of sp³-hybridized carbons (Fsp3) is 0.727. The van der Waals surface area contributed by atoms with Crippen molar-refractivity contribution in [2.24, 2.45) is 0 Å². The van der Waals surface area contributed by atoms with Crippen molar-refractivity contribution in [3.8, 4) is 6.01 Å². The monoisotopic (exact) mass is 237 g/mol. The van der Waals surface area contributed by atoms with Crippen molar-refractivity contribution in [2.45, 2.75) is 32.2 Å². The van der Waals surface area contributed by atoms with Crippen LogP contribution in [0.1, 0.15) is 26.2 Å². The molecule has 0 atom stereocenters. The first-order valence-electron chi connectivity index (χ1n) is 6.04. The summed E-state index contributed by atoms with van der Waals surface area (Å²) in [4.78, 5) is 14.9. The third-order valence-electron chi connectivity index (χ3n) is 2.67. The molecule has 1 heterocycles. The zero-order chi connectivity index (χ0) is 12.3. The SMILES string of the molecule is CCCOc1nc(NC)nc(N(C)C2CC2)n1. The van der Waals surface area contributed by atoms with Crippen LogP contribution in [-0.2, 0) is 0 Å². The lowest BCUT2D eigenvalue weighted by atomic mass is 10.5. The second kappa shape index (κ2) is 5.16. The Labute approximate surface area is 101 Å². The van der Waals surface area contributed by atoms with Crippen LogP contribution in [0.15, 0.2) is 0 Å². The van der Waals surface area contributed by atoms with E-state index in [0.717, 1.165) is 6.42 Å². The molecule has 0 spiro atoms. The maximum Gasteiger partial charge on any atom is 0.323 e. The molecule has 1 aliphatic rings. The van der Waals surface area contributed by atoms with Crippen molar-refractivity contribution in [1.29, 1.82) is 0 Å². The van der Waals surface area contributed by atoms with Crippen LogP contribution in [0.25, 0.3) is 0 Å². The van der Waals surface area contributed by atoms with Crippen molar-refractivity contribution < 1.29 is 4.74 Å². The minimum absolute atomic E-state index is 0.397. The van der Waals surface area contributed by atoms with Gasteiger partial charge in [-0.25, -0.2) is 0 Å². The predicted molar refractivity (Wildman–Crippen MR) is 66.6 cm³/mol. The Hall–Kier alpha value is -1.59. The van der Waals surface area contributed by atoms with Crippen molar-refractivity contribution in [1.82, 2.24) is 15.0 Å². The highest BCUT2D eigenvalue weighted by molar-refractivity contribution is 5.39. The molecular weight excluding hydrogens is 218 g/mol. The van der Waals surface area contributed by atoms with Crippen LogP contribution in [0.5, 0.6) is 6.01 Å². The van der Waals surface area contributed by atoms with Gasteiger partial charge in [-0.1, -0.05) is 6.92 Å². The van der Waals surface area contributed by atoms with E-state index in [9.17, 15) is 0 Å². The summed E-state index contributed by atoms with van der Waals surface area (Å²) in [5.74, 6) is 1.23. The molecule has 0 bridgehead atoms. The largest absolute Gasteiger partial charge is 0.463 e. The summed E-state index contributed by atoms with van der Waals surface area (Å²) in [5, 5.41) is 2.93. The Morgan fingerprint density at radius 3 is 2.71 bits per heavy atom. The second-order valence-corrected chi connectivity index (χ2v) is 4.18. The van der Waals surface area contributed by atoms with Crippen LogP contribution >= 0.6 is 0 Å². The van der Waals surface area contributed by atoms with E-state index in [1.807, 2.05) is 7.05 Å². The number of anilines is 2. The molecule has 0 radical (unpaired) electrons. The maximum absolute atomic E-state index is 5.46. The summed E-state index contributed by atoms with van der Waals surface area (Å²) in [6.45, 7) is 2.68. The average Bonchev–Trinajstić information content (AvgIpc) is 3.19. The Morgan fingerprint density at radius 2 is 2.12 bits per heavy atom. The molecule has 2 rings (SSSR count). The lowest BCUT2D eigenvalue weighted by Crippen LogP contribution is -2.23. The maximum atomic E-state index is 5.46. The third-order valence-corrected chi connectivity index (χ3v) is 2.67. The highest BCUT2D eigenvalue weighted by atomic mass is 16.5. The molecule has 1 saturated carbocycles. The summed E-state index contributed by atoms with van der Waals surface area (Å²) in [5.41, 5.74) is 0. The molecule has 0 aromatic carbocycles. The van der Waals surface area contributed by atoms with Crippen LogP contribution < -0.4 is 15.0 Å². The summed E-state index contributed by atoms with van der Waals surface area (Å²) in [6, 6.07) is 0.967. The van der Waals surface area contributed by atoms with Gasteiger partial charge in [-0.15, -0.1) is 0 Å². The van der Waals surface area contributed by atoms with Crippen molar-refractivity contribution in [3.63, 3.8) is 0 Å². The smallest absolute Gasteiger partial charge is 0.323 e. The fourth-order valence-corrected chi connectivity index (χ4v) is 1.50. The van der Waals surface area contributed by atoms with Gasteiger partial charge in [0.15, 0.2) is 0 Å². The number of hydrogen-bond acceptors (Lipinski definition) is 6. The molecule has 0 unspecified atom stereocenters. The Kier molecular flexibility index (Phi) is 3.61. The lowest BCUT2D eigenvalue weighted by molar-refractivity contribution is 0.292. The van der Waals surface area contributed by atoms with E-state index in [2.05, 4.69) is 32.1 Å². The summed E-state index contributed by atoms with van der Waals surface area (Å²) in [6.07, 6.45) is 3.36. The molecule has 1 fully saturated rings. The molecule has 6 nitrogen and oxygen atoms in total. The zero-order valence-electron chi connectivity index (χ0n) is 10.6. The van der Waals surface area contributed by atoms with Crippen molar-refractivity contribution in [2.75, 3.05) is 30.9 Å². The van der Waals surface area contributed by atoms with Crippen LogP contribution in [0.3, 0.4) is 0 Å². The second-order valence-electron chi connectivity index (χ2n) is 4.18. The first kappa shape index (κ1) is 11.9. The van der Waals surface area contributed by atoms with Gasteiger partial charge in [0, 0.05) is 20.1 Å². The van der Waals surface area contributed by atoms with Crippen LogP contribution in [0.4, 0.5) is 11.9 Å². The molecule has 0 saturated heterocycles. The standard InChI is InChI=1S/C11H19N5O/c1-4-7-17-11-14-9(12-2)13-10(15-11)16(3)8-5-6-8/h8H,4-7H2,1-3H3,(H,12,13,14,15). The first-order valence-corrected chi connectivity index (χ1v) is 6.04. The van der Waals surface area contributed by atoms with E-state index in [0.29, 0.717) is 30.6 Å². The average molecular weight is 237 g/mol. The molecule has 1 aromatic heterocycles. The quantitative estimate of drug-likeness (QED) is 0.804. The van der Waals surface area contributed by atoms with Gasteiger partial charge in [-0.05, 0) is 19.3 Å². The lowest BCUT2D eigenvalue weighted by Gasteiger charge is -2.17.